The number of hydrogen-bond donors (Lipinski definition) is 0. The molecule has 0 saturated carbocycles. The lowest BCUT2D eigenvalue weighted by molar-refractivity contribution is 0.618. The van der Waals surface area contributed by atoms with E-state index in [0.29, 0.717) is 11.7 Å². The maximum absolute atomic E-state index is 6.52. The standard InChI is InChI=1S/C60H39N3O/c1-5-15-40(16-6-1)41-25-29-43(30-26-41)55-39-56(62-58(61-55)45-17-7-2-8-18-45)44-31-27-42(28-32-44)47-33-35-51-50-23-13-14-24-52(50)60(53(51)37-47,48-21-11-4-12-22-48)49-34-36-54-57(38-49)64-59(63-54)46-19-9-3-10-20-46/h1-39H. The third kappa shape index (κ3) is 6.35. The van der Waals surface area contributed by atoms with Gasteiger partial charge in [0.05, 0.1) is 16.8 Å². The minimum Gasteiger partial charge on any atom is -0.436 e. The van der Waals surface area contributed by atoms with Crippen LogP contribution < -0.4 is 0 Å². The van der Waals surface area contributed by atoms with E-state index in [4.69, 9.17) is 19.4 Å². The highest BCUT2D eigenvalue weighted by molar-refractivity contribution is 5.90. The first kappa shape index (κ1) is 37.3. The molecular formula is C60H39N3O. The lowest BCUT2D eigenvalue weighted by Gasteiger charge is -2.34. The summed E-state index contributed by atoms with van der Waals surface area (Å²) < 4.78 is 6.52. The van der Waals surface area contributed by atoms with E-state index in [1.807, 2.05) is 54.6 Å². The Morgan fingerprint density at radius 2 is 0.812 bits per heavy atom. The van der Waals surface area contributed by atoms with Crippen LogP contribution in [0.3, 0.4) is 0 Å². The summed E-state index contributed by atoms with van der Waals surface area (Å²) in [5.74, 6) is 1.31. The van der Waals surface area contributed by atoms with Crippen LogP contribution >= 0.6 is 0 Å². The summed E-state index contributed by atoms with van der Waals surface area (Å²) in [4.78, 5) is 15.1. The molecule has 64 heavy (non-hydrogen) atoms. The Morgan fingerprint density at radius 1 is 0.312 bits per heavy atom. The molecule has 11 aromatic rings. The van der Waals surface area contributed by atoms with E-state index in [9.17, 15) is 0 Å². The van der Waals surface area contributed by atoms with Crippen LogP contribution in [0.2, 0.25) is 0 Å². The molecule has 0 spiro atoms. The van der Waals surface area contributed by atoms with E-state index in [0.717, 1.165) is 61.4 Å². The number of hydrogen-bond acceptors (Lipinski definition) is 4. The molecule has 4 nitrogen and oxygen atoms in total. The molecule has 0 saturated heterocycles. The molecule has 1 aliphatic rings. The third-order valence-electron chi connectivity index (χ3n) is 12.7. The fourth-order valence-corrected chi connectivity index (χ4v) is 9.55. The number of nitrogens with zero attached hydrogens (tertiary/aromatic N) is 3. The van der Waals surface area contributed by atoms with Crippen molar-refractivity contribution in [3.05, 3.63) is 259 Å². The molecule has 0 aliphatic heterocycles. The first-order chi connectivity index (χ1) is 31.7. The summed E-state index contributed by atoms with van der Waals surface area (Å²) in [6.45, 7) is 0. The first-order valence-electron chi connectivity index (χ1n) is 21.7. The lowest BCUT2D eigenvalue weighted by atomic mass is 9.67. The van der Waals surface area contributed by atoms with Crippen LogP contribution in [0.1, 0.15) is 22.3 Å². The van der Waals surface area contributed by atoms with Gasteiger partial charge in [0.1, 0.15) is 5.52 Å². The molecule has 9 aromatic carbocycles. The smallest absolute Gasteiger partial charge is 0.227 e. The minimum absolute atomic E-state index is 0.610. The van der Waals surface area contributed by atoms with E-state index in [2.05, 4.69) is 182 Å². The molecule has 300 valence electrons. The average Bonchev–Trinajstić information content (AvgIpc) is 3.95. The molecule has 12 rings (SSSR count). The van der Waals surface area contributed by atoms with E-state index in [1.54, 1.807) is 0 Å². The normalized spacial score (nSPS) is 14.0. The van der Waals surface area contributed by atoms with Crippen LogP contribution in [0.4, 0.5) is 0 Å². The zero-order valence-corrected chi connectivity index (χ0v) is 34.8. The highest BCUT2D eigenvalue weighted by Gasteiger charge is 2.46. The van der Waals surface area contributed by atoms with Crippen molar-refractivity contribution in [3.8, 4) is 78.7 Å². The maximum atomic E-state index is 6.52. The molecule has 1 aliphatic carbocycles. The van der Waals surface area contributed by atoms with Gasteiger partial charge in [-0.2, -0.15) is 0 Å². The van der Waals surface area contributed by atoms with Gasteiger partial charge in [-0.05, 0) is 92.0 Å². The summed E-state index contributed by atoms with van der Waals surface area (Å²) in [6, 6.07) is 83.5. The van der Waals surface area contributed by atoms with Crippen LogP contribution in [0, 0.1) is 0 Å². The van der Waals surface area contributed by atoms with Crippen molar-refractivity contribution in [2.45, 2.75) is 5.41 Å². The monoisotopic (exact) mass is 817 g/mol. The maximum Gasteiger partial charge on any atom is 0.227 e. The van der Waals surface area contributed by atoms with Crippen molar-refractivity contribution in [2.24, 2.45) is 0 Å². The molecule has 1 atom stereocenters. The van der Waals surface area contributed by atoms with Gasteiger partial charge >= 0.3 is 0 Å². The van der Waals surface area contributed by atoms with Gasteiger partial charge in [-0.15, -0.1) is 0 Å². The topological polar surface area (TPSA) is 51.8 Å². The van der Waals surface area contributed by atoms with E-state index in [-0.39, 0.29) is 0 Å². The molecule has 0 amide bonds. The number of oxazole rings is 1. The Kier molecular flexibility index (Phi) is 9.01. The van der Waals surface area contributed by atoms with Crippen LogP contribution in [-0.2, 0) is 5.41 Å². The van der Waals surface area contributed by atoms with Gasteiger partial charge in [-0.1, -0.05) is 200 Å². The van der Waals surface area contributed by atoms with Crippen molar-refractivity contribution in [2.75, 3.05) is 0 Å². The molecule has 0 N–H and O–H groups in total. The zero-order chi connectivity index (χ0) is 42.5. The summed E-state index contributed by atoms with van der Waals surface area (Å²) in [5, 5.41) is 0. The van der Waals surface area contributed by atoms with Crippen LogP contribution in [0.25, 0.3) is 89.8 Å². The van der Waals surface area contributed by atoms with Crippen molar-refractivity contribution in [1.82, 2.24) is 15.0 Å². The van der Waals surface area contributed by atoms with E-state index in [1.165, 1.54) is 38.9 Å². The molecule has 4 heteroatoms. The SMILES string of the molecule is c1ccc(-c2ccc(-c3cc(-c4ccc(-c5ccc6c(c5)C(c5ccccc5)(c5ccc7nc(-c8ccccc8)oc7c5)c5ccccc5-6)cc4)nc(-c4ccccc4)n3)cc2)cc1. The molecular weight excluding hydrogens is 779 g/mol. The molecule has 0 radical (unpaired) electrons. The lowest BCUT2D eigenvalue weighted by Crippen LogP contribution is -2.28. The summed E-state index contributed by atoms with van der Waals surface area (Å²) >= 11 is 0. The second-order valence-corrected chi connectivity index (χ2v) is 16.3. The fourth-order valence-electron chi connectivity index (χ4n) is 9.55. The number of fused-ring (bicyclic) bond motifs is 4. The first-order valence-corrected chi connectivity index (χ1v) is 21.7. The molecule has 2 heterocycles. The van der Waals surface area contributed by atoms with Gasteiger partial charge in [0.25, 0.3) is 0 Å². The zero-order valence-electron chi connectivity index (χ0n) is 34.8. The highest BCUT2D eigenvalue weighted by atomic mass is 16.3. The Morgan fingerprint density at radius 3 is 1.47 bits per heavy atom. The Labute approximate surface area is 371 Å². The predicted octanol–water partition coefficient (Wildman–Crippen LogP) is 15.0. The average molecular weight is 818 g/mol. The Hall–Kier alpha value is -8.47. The molecule has 2 aromatic heterocycles. The van der Waals surface area contributed by atoms with Gasteiger partial charge in [-0.25, -0.2) is 15.0 Å². The van der Waals surface area contributed by atoms with Crippen molar-refractivity contribution in [1.29, 1.82) is 0 Å². The minimum atomic E-state index is -0.610. The van der Waals surface area contributed by atoms with E-state index < -0.39 is 5.41 Å². The van der Waals surface area contributed by atoms with Gasteiger partial charge < -0.3 is 4.42 Å². The summed E-state index contributed by atoms with van der Waals surface area (Å²) in [5.41, 5.74) is 18.6. The summed E-state index contributed by atoms with van der Waals surface area (Å²) in [6.07, 6.45) is 0. The van der Waals surface area contributed by atoms with Gasteiger partial charge in [-0.3, -0.25) is 0 Å². The molecule has 0 fully saturated rings. The Balaban J connectivity index is 0.959. The van der Waals surface area contributed by atoms with Crippen molar-refractivity contribution >= 4 is 11.1 Å². The van der Waals surface area contributed by atoms with E-state index >= 15 is 0 Å². The highest BCUT2D eigenvalue weighted by Crippen LogP contribution is 2.57. The number of aromatic nitrogens is 3. The van der Waals surface area contributed by atoms with Gasteiger partial charge in [0, 0.05) is 22.3 Å². The fraction of sp³-hybridized carbons (Fsp3) is 0.0167. The summed E-state index contributed by atoms with van der Waals surface area (Å²) in [7, 11) is 0. The second kappa shape index (κ2) is 15.5. The third-order valence-corrected chi connectivity index (χ3v) is 12.7. The van der Waals surface area contributed by atoms with Gasteiger partial charge in [0.15, 0.2) is 11.4 Å². The van der Waals surface area contributed by atoms with Crippen LogP contribution in [-0.4, -0.2) is 15.0 Å². The number of benzene rings is 9. The number of rotatable bonds is 8. The molecule has 1 unspecified atom stereocenters. The van der Waals surface area contributed by atoms with Gasteiger partial charge in [0.2, 0.25) is 5.89 Å². The quantitative estimate of drug-likeness (QED) is 0.153. The largest absolute Gasteiger partial charge is 0.436 e. The molecule has 0 bridgehead atoms. The second-order valence-electron chi connectivity index (χ2n) is 16.3. The van der Waals surface area contributed by atoms with Crippen molar-refractivity contribution in [3.63, 3.8) is 0 Å². The Bertz CT molecular complexity index is 3460. The predicted molar refractivity (Wildman–Crippen MR) is 260 cm³/mol. The van der Waals surface area contributed by atoms with Crippen LogP contribution in [0.5, 0.6) is 0 Å². The van der Waals surface area contributed by atoms with Crippen LogP contribution in [0.15, 0.2) is 241 Å². The van der Waals surface area contributed by atoms with Crippen molar-refractivity contribution < 1.29 is 4.42 Å².